The molecule has 0 saturated carbocycles. The van der Waals surface area contributed by atoms with E-state index in [-0.39, 0.29) is 31.1 Å². The molecule has 0 aliphatic heterocycles. The molecule has 110 valence electrons. The lowest BCUT2D eigenvalue weighted by Crippen LogP contribution is -2.35. The van der Waals surface area contributed by atoms with Gasteiger partial charge in [-0.15, -0.1) is 0 Å². The van der Waals surface area contributed by atoms with Gasteiger partial charge in [-0.25, -0.2) is 0 Å². The first-order valence-corrected chi connectivity index (χ1v) is 5.99. The summed E-state index contributed by atoms with van der Waals surface area (Å²) in [6.07, 6.45) is 1.40. The van der Waals surface area contributed by atoms with Crippen LogP contribution in [0.4, 0.5) is 0 Å². The monoisotopic (exact) mass is 302 g/mol. The van der Waals surface area contributed by atoms with Crippen LogP contribution in [0.25, 0.3) is 0 Å². The van der Waals surface area contributed by atoms with Crippen LogP contribution < -0.4 is 16.2 Å². The SMILES string of the molecule is O=C(O)CNCc1c[nH]c(=S)n(CNCC(=O)O)c1=O. The molecule has 0 spiro atoms. The number of aliphatic carboxylic acids is 2. The first-order valence-electron chi connectivity index (χ1n) is 5.58. The highest BCUT2D eigenvalue weighted by Gasteiger charge is 2.06. The highest BCUT2D eigenvalue weighted by Crippen LogP contribution is 1.90. The fourth-order valence-electron chi connectivity index (χ4n) is 1.40. The maximum atomic E-state index is 12.0. The van der Waals surface area contributed by atoms with E-state index in [4.69, 9.17) is 22.4 Å². The first-order chi connectivity index (χ1) is 9.41. The van der Waals surface area contributed by atoms with Crippen molar-refractivity contribution in [1.29, 1.82) is 0 Å². The summed E-state index contributed by atoms with van der Waals surface area (Å²) < 4.78 is 1.31. The van der Waals surface area contributed by atoms with Crippen molar-refractivity contribution in [2.45, 2.75) is 13.2 Å². The number of hydrogen-bond donors (Lipinski definition) is 5. The number of carbonyl (C=O) groups is 2. The number of H-pyrrole nitrogens is 1. The Bertz CT molecular complexity index is 608. The van der Waals surface area contributed by atoms with Gasteiger partial charge in [0, 0.05) is 18.3 Å². The molecule has 0 saturated heterocycles. The largest absolute Gasteiger partial charge is 0.480 e. The Hall–Kier alpha value is -2.04. The third kappa shape index (κ3) is 4.91. The zero-order valence-electron chi connectivity index (χ0n) is 10.4. The Labute approximate surface area is 118 Å². The maximum Gasteiger partial charge on any atom is 0.317 e. The number of nitrogens with one attached hydrogen (secondary N) is 3. The fourth-order valence-corrected chi connectivity index (χ4v) is 1.61. The predicted molar refractivity (Wildman–Crippen MR) is 70.9 cm³/mol. The van der Waals surface area contributed by atoms with Gasteiger partial charge >= 0.3 is 11.9 Å². The highest BCUT2D eigenvalue weighted by atomic mass is 32.1. The molecular formula is C10H14N4O5S. The van der Waals surface area contributed by atoms with Gasteiger partial charge in [-0.2, -0.15) is 0 Å². The number of nitrogens with zero attached hydrogens (tertiary/aromatic N) is 1. The van der Waals surface area contributed by atoms with Crippen molar-refractivity contribution in [2.75, 3.05) is 13.1 Å². The molecule has 10 heteroatoms. The minimum atomic E-state index is -1.05. The number of carboxylic acids is 2. The standard InChI is InChI=1S/C10H14N4O5S/c15-7(16)3-11-1-6-2-13-10(20)14(9(6)19)5-12-4-8(17)18/h2,11-12H,1,3-5H2,(H,13,20)(H,15,16)(H,17,18). The quantitative estimate of drug-likeness (QED) is 0.374. The van der Waals surface area contributed by atoms with Gasteiger partial charge in [0.25, 0.3) is 5.56 Å². The number of rotatable bonds is 8. The second-order valence-electron chi connectivity index (χ2n) is 3.83. The van der Waals surface area contributed by atoms with Crippen LogP contribution in [0.5, 0.6) is 0 Å². The molecule has 0 atom stereocenters. The summed E-state index contributed by atoms with van der Waals surface area (Å²) in [6.45, 7) is -0.557. The molecular weight excluding hydrogens is 288 g/mol. The molecule has 0 unspecified atom stereocenters. The van der Waals surface area contributed by atoms with Crippen molar-refractivity contribution < 1.29 is 19.8 Å². The van der Waals surface area contributed by atoms with Crippen LogP contribution in [0.15, 0.2) is 11.0 Å². The van der Waals surface area contributed by atoms with Crippen molar-refractivity contribution in [3.8, 4) is 0 Å². The molecule has 1 aromatic rings. The van der Waals surface area contributed by atoms with Crippen LogP contribution in [0.2, 0.25) is 0 Å². The molecule has 1 heterocycles. The lowest BCUT2D eigenvalue weighted by Gasteiger charge is -2.09. The molecule has 20 heavy (non-hydrogen) atoms. The summed E-state index contributed by atoms with van der Waals surface area (Å²) in [7, 11) is 0. The normalized spacial score (nSPS) is 10.4. The number of aromatic nitrogens is 2. The van der Waals surface area contributed by atoms with Crippen LogP contribution in [-0.4, -0.2) is 44.8 Å². The molecule has 0 bridgehead atoms. The number of aromatic amines is 1. The number of carboxylic acid groups (broad SMARTS) is 2. The van der Waals surface area contributed by atoms with Crippen molar-refractivity contribution in [3.63, 3.8) is 0 Å². The molecule has 0 amide bonds. The van der Waals surface area contributed by atoms with Crippen molar-refractivity contribution in [2.24, 2.45) is 0 Å². The minimum Gasteiger partial charge on any atom is -0.480 e. The summed E-state index contributed by atoms with van der Waals surface area (Å²) in [6, 6.07) is 0. The Morgan fingerprint density at radius 2 is 1.85 bits per heavy atom. The maximum absolute atomic E-state index is 12.0. The second-order valence-corrected chi connectivity index (χ2v) is 4.21. The number of hydrogen-bond acceptors (Lipinski definition) is 6. The van der Waals surface area contributed by atoms with Gasteiger partial charge in [-0.05, 0) is 12.2 Å². The third-order valence-electron chi connectivity index (χ3n) is 2.27. The van der Waals surface area contributed by atoms with Crippen molar-refractivity contribution in [3.05, 3.63) is 26.9 Å². The Kier molecular flexibility index (Phi) is 6.03. The van der Waals surface area contributed by atoms with Crippen molar-refractivity contribution >= 4 is 24.2 Å². The molecule has 0 radical (unpaired) electrons. The lowest BCUT2D eigenvalue weighted by atomic mass is 10.3. The average Bonchev–Trinajstić information content (AvgIpc) is 2.35. The van der Waals surface area contributed by atoms with E-state index in [1.54, 1.807) is 0 Å². The predicted octanol–water partition coefficient (Wildman–Crippen LogP) is -1.29. The summed E-state index contributed by atoms with van der Waals surface area (Å²) in [5.74, 6) is -2.08. The third-order valence-corrected chi connectivity index (χ3v) is 2.61. The van der Waals surface area contributed by atoms with Crippen LogP contribution in [0, 0.1) is 4.77 Å². The van der Waals surface area contributed by atoms with Gasteiger partial charge in [0.1, 0.15) is 0 Å². The highest BCUT2D eigenvalue weighted by molar-refractivity contribution is 7.71. The summed E-state index contributed by atoms with van der Waals surface area (Å²) in [4.78, 5) is 35.5. The summed E-state index contributed by atoms with van der Waals surface area (Å²) in [5.41, 5.74) is -0.110. The summed E-state index contributed by atoms with van der Waals surface area (Å²) in [5, 5.41) is 22.1. The molecule has 9 nitrogen and oxygen atoms in total. The van der Waals surface area contributed by atoms with E-state index >= 15 is 0 Å². The van der Waals surface area contributed by atoms with Gasteiger partial charge in [-0.3, -0.25) is 24.3 Å². The Morgan fingerprint density at radius 1 is 1.25 bits per heavy atom. The van der Waals surface area contributed by atoms with E-state index in [0.29, 0.717) is 5.56 Å². The van der Waals surface area contributed by atoms with E-state index in [2.05, 4.69) is 15.6 Å². The van der Waals surface area contributed by atoms with E-state index in [9.17, 15) is 14.4 Å². The molecule has 0 aliphatic rings. The zero-order chi connectivity index (χ0) is 15.1. The van der Waals surface area contributed by atoms with Gasteiger partial charge in [0.05, 0.1) is 19.8 Å². The van der Waals surface area contributed by atoms with E-state index < -0.39 is 17.5 Å². The van der Waals surface area contributed by atoms with E-state index in [1.165, 1.54) is 6.20 Å². The zero-order valence-corrected chi connectivity index (χ0v) is 11.2. The molecule has 0 aliphatic carbocycles. The van der Waals surface area contributed by atoms with Crippen LogP contribution >= 0.6 is 12.2 Å². The molecule has 1 rings (SSSR count). The Morgan fingerprint density at radius 3 is 2.45 bits per heavy atom. The molecule has 5 N–H and O–H groups in total. The molecule has 0 fully saturated rings. The molecule has 0 aromatic carbocycles. The lowest BCUT2D eigenvalue weighted by molar-refractivity contribution is -0.137. The smallest absolute Gasteiger partial charge is 0.317 e. The first kappa shape index (κ1) is 16.0. The van der Waals surface area contributed by atoms with Crippen LogP contribution in [0.3, 0.4) is 0 Å². The van der Waals surface area contributed by atoms with Gasteiger partial charge in [-0.1, -0.05) is 0 Å². The average molecular weight is 302 g/mol. The van der Waals surface area contributed by atoms with Gasteiger partial charge < -0.3 is 20.5 Å². The fraction of sp³-hybridized carbons (Fsp3) is 0.400. The minimum absolute atomic E-state index is 0.0484. The topological polar surface area (TPSA) is 136 Å². The summed E-state index contributed by atoms with van der Waals surface area (Å²) >= 11 is 4.94. The second kappa shape index (κ2) is 7.53. The van der Waals surface area contributed by atoms with E-state index in [0.717, 1.165) is 4.57 Å². The molecule has 1 aromatic heterocycles. The van der Waals surface area contributed by atoms with Crippen LogP contribution in [-0.2, 0) is 22.8 Å². The van der Waals surface area contributed by atoms with Crippen LogP contribution in [0.1, 0.15) is 5.56 Å². The van der Waals surface area contributed by atoms with Gasteiger partial charge in [0.15, 0.2) is 4.77 Å². The van der Waals surface area contributed by atoms with Gasteiger partial charge in [0.2, 0.25) is 0 Å². The Balaban J connectivity index is 2.79. The van der Waals surface area contributed by atoms with E-state index in [1.807, 2.05) is 0 Å². The van der Waals surface area contributed by atoms with Crippen molar-refractivity contribution in [1.82, 2.24) is 20.2 Å².